The van der Waals surface area contributed by atoms with E-state index >= 15 is 0 Å². The SMILES string of the molecule is O=C(O)CCCCCCC1C(CCC(O)c2ccc3cccc(F)c3c2)[C@H](O)C[C@@H]1O. The van der Waals surface area contributed by atoms with Crippen LogP contribution >= 0.6 is 0 Å². The van der Waals surface area contributed by atoms with Gasteiger partial charge in [-0.1, -0.05) is 43.5 Å². The summed E-state index contributed by atoms with van der Waals surface area (Å²) < 4.78 is 14.1. The van der Waals surface area contributed by atoms with E-state index in [1.807, 2.05) is 6.07 Å². The van der Waals surface area contributed by atoms with E-state index in [2.05, 4.69) is 0 Å². The van der Waals surface area contributed by atoms with Gasteiger partial charge in [-0.15, -0.1) is 0 Å². The van der Waals surface area contributed by atoms with E-state index in [0.717, 1.165) is 31.1 Å². The number of aliphatic carboxylic acids is 1. The zero-order valence-corrected chi connectivity index (χ0v) is 17.8. The Morgan fingerprint density at radius 1 is 1.00 bits per heavy atom. The lowest BCUT2D eigenvalue weighted by atomic mass is 9.84. The number of benzene rings is 2. The molecule has 4 N–H and O–H groups in total. The van der Waals surface area contributed by atoms with Gasteiger partial charge in [0.05, 0.1) is 18.3 Å². The minimum atomic E-state index is -0.776. The highest BCUT2D eigenvalue weighted by Gasteiger charge is 2.40. The van der Waals surface area contributed by atoms with Crippen LogP contribution in [0.25, 0.3) is 10.8 Å². The minimum absolute atomic E-state index is 0.0179. The molecule has 5 atom stereocenters. The van der Waals surface area contributed by atoms with E-state index < -0.39 is 24.3 Å². The summed E-state index contributed by atoms with van der Waals surface area (Å²) in [6.07, 6.45) is 3.74. The number of carboxylic acid groups (broad SMARTS) is 1. The molecule has 0 spiro atoms. The van der Waals surface area contributed by atoms with Gasteiger partial charge in [0.25, 0.3) is 0 Å². The highest BCUT2D eigenvalue weighted by molar-refractivity contribution is 5.83. The molecule has 1 saturated carbocycles. The molecule has 170 valence electrons. The van der Waals surface area contributed by atoms with E-state index in [1.54, 1.807) is 24.3 Å². The molecule has 2 aromatic rings. The molecule has 0 aliphatic heterocycles. The van der Waals surface area contributed by atoms with Crippen molar-refractivity contribution >= 4 is 16.7 Å². The zero-order valence-electron chi connectivity index (χ0n) is 17.8. The Morgan fingerprint density at radius 2 is 1.71 bits per heavy atom. The predicted molar refractivity (Wildman–Crippen MR) is 117 cm³/mol. The smallest absolute Gasteiger partial charge is 0.303 e. The van der Waals surface area contributed by atoms with Crippen LogP contribution < -0.4 is 0 Å². The van der Waals surface area contributed by atoms with Crippen LogP contribution in [0.15, 0.2) is 36.4 Å². The molecule has 0 heterocycles. The molecule has 2 aromatic carbocycles. The van der Waals surface area contributed by atoms with E-state index in [-0.39, 0.29) is 24.1 Å². The number of aliphatic hydroxyl groups is 3. The van der Waals surface area contributed by atoms with Crippen molar-refractivity contribution < 1.29 is 29.6 Å². The van der Waals surface area contributed by atoms with E-state index in [9.17, 15) is 24.5 Å². The number of fused-ring (bicyclic) bond motifs is 1. The lowest BCUT2D eigenvalue weighted by molar-refractivity contribution is -0.137. The molecule has 3 unspecified atom stereocenters. The summed E-state index contributed by atoms with van der Waals surface area (Å²) in [5, 5.41) is 41.5. The van der Waals surface area contributed by atoms with Crippen molar-refractivity contribution in [2.45, 2.75) is 76.1 Å². The number of carbonyl (C=O) groups is 1. The molecule has 0 radical (unpaired) electrons. The first-order valence-corrected chi connectivity index (χ1v) is 11.3. The summed E-state index contributed by atoms with van der Waals surface area (Å²) >= 11 is 0. The molecule has 0 amide bonds. The summed E-state index contributed by atoms with van der Waals surface area (Å²) in [4.78, 5) is 10.6. The van der Waals surface area contributed by atoms with Crippen LogP contribution in [0.3, 0.4) is 0 Å². The zero-order chi connectivity index (χ0) is 22.4. The quantitative estimate of drug-likeness (QED) is 0.390. The van der Waals surface area contributed by atoms with Crippen LogP contribution in [0.2, 0.25) is 0 Å². The summed E-state index contributed by atoms with van der Waals surface area (Å²) in [6, 6.07) is 10.2. The maximum Gasteiger partial charge on any atom is 0.303 e. The second-order valence-electron chi connectivity index (χ2n) is 8.86. The van der Waals surface area contributed by atoms with Crippen LogP contribution in [-0.4, -0.2) is 38.6 Å². The highest BCUT2D eigenvalue weighted by Crippen LogP contribution is 2.40. The first-order valence-electron chi connectivity index (χ1n) is 11.3. The average Bonchev–Trinajstić information content (AvgIpc) is 3.01. The predicted octanol–water partition coefficient (Wildman–Crippen LogP) is 4.58. The second-order valence-corrected chi connectivity index (χ2v) is 8.86. The average molecular weight is 433 g/mol. The van der Waals surface area contributed by atoms with Gasteiger partial charge in [0.1, 0.15) is 5.82 Å². The molecule has 5 nitrogen and oxygen atoms in total. The van der Waals surface area contributed by atoms with E-state index in [1.165, 1.54) is 6.07 Å². The number of rotatable bonds is 11. The molecule has 1 fully saturated rings. The third-order valence-electron chi connectivity index (χ3n) is 6.71. The first kappa shape index (κ1) is 23.6. The topological polar surface area (TPSA) is 98.0 Å². The van der Waals surface area contributed by atoms with Gasteiger partial charge in [-0.05, 0) is 67.0 Å². The fourth-order valence-electron chi connectivity index (χ4n) is 4.97. The Balaban J connectivity index is 1.53. The Kier molecular flexibility index (Phi) is 8.41. The van der Waals surface area contributed by atoms with Gasteiger partial charge < -0.3 is 20.4 Å². The molecule has 3 rings (SSSR count). The molecule has 1 aliphatic rings. The van der Waals surface area contributed by atoms with Crippen molar-refractivity contribution in [1.82, 2.24) is 0 Å². The highest BCUT2D eigenvalue weighted by atomic mass is 19.1. The van der Waals surface area contributed by atoms with Crippen molar-refractivity contribution in [2.24, 2.45) is 11.8 Å². The second kappa shape index (κ2) is 11.0. The van der Waals surface area contributed by atoms with Crippen LogP contribution in [0.1, 0.15) is 69.5 Å². The Labute approximate surface area is 182 Å². The van der Waals surface area contributed by atoms with Gasteiger partial charge in [0.15, 0.2) is 0 Å². The third kappa shape index (κ3) is 6.25. The Bertz CT molecular complexity index is 870. The molecule has 1 aliphatic carbocycles. The van der Waals surface area contributed by atoms with Gasteiger partial charge in [0.2, 0.25) is 0 Å². The molecular formula is C25H33FO5. The van der Waals surface area contributed by atoms with Crippen LogP contribution in [-0.2, 0) is 4.79 Å². The number of aliphatic hydroxyl groups excluding tert-OH is 3. The number of hydrogen-bond donors (Lipinski definition) is 4. The fraction of sp³-hybridized carbons (Fsp3) is 0.560. The Morgan fingerprint density at radius 3 is 2.45 bits per heavy atom. The molecular weight excluding hydrogens is 399 g/mol. The fourth-order valence-corrected chi connectivity index (χ4v) is 4.97. The van der Waals surface area contributed by atoms with Gasteiger partial charge in [-0.2, -0.15) is 0 Å². The standard InChI is InChI=1S/C25H33FO5/c26-21-8-5-6-16-10-11-17(14-20(16)21)22(27)13-12-19-18(23(28)15-24(19)29)7-3-1-2-4-9-25(30)31/h5-6,8,10-11,14,18-19,22-24,27-29H,1-4,7,9,12-13,15H2,(H,30,31)/t18?,19?,22?,23-,24+/m0/s1. The number of hydrogen-bond acceptors (Lipinski definition) is 4. The van der Waals surface area contributed by atoms with Crippen molar-refractivity contribution in [1.29, 1.82) is 0 Å². The van der Waals surface area contributed by atoms with Gasteiger partial charge >= 0.3 is 5.97 Å². The summed E-state index contributed by atoms with van der Waals surface area (Å²) in [5.41, 5.74) is 0.653. The largest absolute Gasteiger partial charge is 0.481 e. The number of carboxylic acids is 1. The Hall–Kier alpha value is -2.02. The van der Waals surface area contributed by atoms with Crippen molar-refractivity contribution in [2.75, 3.05) is 0 Å². The normalized spacial score (nSPS) is 24.5. The summed E-state index contributed by atoms with van der Waals surface area (Å²) in [7, 11) is 0. The molecule has 0 saturated heterocycles. The lowest BCUT2D eigenvalue weighted by Crippen LogP contribution is -2.23. The van der Waals surface area contributed by atoms with E-state index in [4.69, 9.17) is 5.11 Å². The van der Waals surface area contributed by atoms with Gasteiger partial charge in [0, 0.05) is 11.8 Å². The monoisotopic (exact) mass is 432 g/mol. The van der Waals surface area contributed by atoms with Crippen molar-refractivity contribution in [3.05, 3.63) is 47.8 Å². The molecule has 0 aromatic heterocycles. The molecule has 31 heavy (non-hydrogen) atoms. The van der Waals surface area contributed by atoms with Crippen LogP contribution in [0.4, 0.5) is 4.39 Å². The van der Waals surface area contributed by atoms with Crippen LogP contribution in [0, 0.1) is 17.7 Å². The van der Waals surface area contributed by atoms with Crippen molar-refractivity contribution in [3.63, 3.8) is 0 Å². The van der Waals surface area contributed by atoms with E-state index in [0.29, 0.717) is 36.6 Å². The maximum absolute atomic E-state index is 14.1. The lowest BCUT2D eigenvalue weighted by Gasteiger charge is -2.25. The first-order chi connectivity index (χ1) is 14.9. The van der Waals surface area contributed by atoms with Crippen LogP contribution in [0.5, 0.6) is 0 Å². The summed E-state index contributed by atoms with van der Waals surface area (Å²) in [6.45, 7) is 0. The molecule has 0 bridgehead atoms. The maximum atomic E-state index is 14.1. The third-order valence-corrected chi connectivity index (χ3v) is 6.71. The van der Waals surface area contributed by atoms with Gasteiger partial charge in [-0.25, -0.2) is 4.39 Å². The minimum Gasteiger partial charge on any atom is -0.481 e. The van der Waals surface area contributed by atoms with Crippen molar-refractivity contribution in [3.8, 4) is 0 Å². The number of unbranched alkanes of at least 4 members (excludes halogenated alkanes) is 3. The van der Waals surface area contributed by atoms with Gasteiger partial charge in [-0.3, -0.25) is 4.79 Å². The molecule has 6 heteroatoms. The summed E-state index contributed by atoms with van der Waals surface area (Å²) in [5.74, 6) is -1.19. The number of halogens is 1.